The van der Waals surface area contributed by atoms with Crippen molar-refractivity contribution >= 4 is 11.6 Å². The number of anilines is 1. The molecule has 0 radical (unpaired) electrons. The molecule has 0 unspecified atom stereocenters. The molecule has 1 aliphatic rings. The number of nitrogens with two attached hydrogens (primary N) is 1. The molecule has 1 aliphatic carbocycles. The second kappa shape index (κ2) is 5.02. The van der Waals surface area contributed by atoms with Gasteiger partial charge in [0, 0.05) is 12.5 Å². The second-order valence-corrected chi connectivity index (χ2v) is 4.91. The Morgan fingerprint density at radius 1 is 1.39 bits per heavy atom. The number of rotatable bonds is 4. The summed E-state index contributed by atoms with van der Waals surface area (Å²) in [5, 5.41) is 2.40. The van der Waals surface area contributed by atoms with E-state index in [0.717, 1.165) is 37.5 Å². The summed E-state index contributed by atoms with van der Waals surface area (Å²) in [7, 11) is 0. The minimum Gasteiger partial charge on any atom is -0.330 e. The van der Waals surface area contributed by atoms with Crippen molar-refractivity contribution in [3.8, 4) is 0 Å². The van der Waals surface area contributed by atoms with E-state index in [9.17, 15) is 13.6 Å². The van der Waals surface area contributed by atoms with E-state index >= 15 is 0 Å². The summed E-state index contributed by atoms with van der Waals surface area (Å²) in [6.07, 6.45) is 3.17. The Labute approximate surface area is 104 Å². The first-order valence-electron chi connectivity index (χ1n) is 6.00. The highest BCUT2D eigenvalue weighted by Gasteiger charge is 2.37. The van der Waals surface area contributed by atoms with Gasteiger partial charge in [-0.05, 0) is 36.9 Å². The van der Waals surface area contributed by atoms with E-state index in [1.165, 1.54) is 0 Å². The van der Waals surface area contributed by atoms with E-state index in [1.807, 2.05) is 0 Å². The van der Waals surface area contributed by atoms with E-state index < -0.39 is 11.6 Å². The average molecular weight is 254 g/mol. The van der Waals surface area contributed by atoms with E-state index in [4.69, 9.17) is 5.73 Å². The number of carbonyl (C=O) groups excluding carboxylic acids is 1. The maximum atomic E-state index is 13.3. The van der Waals surface area contributed by atoms with Crippen LogP contribution in [0.25, 0.3) is 0 Å². The monoisotopic (exact) mass is 254 g/mol. The molecule has 0 heterocycles. The van der Waals surface area contributed by atoms with Crippen molar-refractivity contribution in [2.45, 2.75) is 25.7 Å². The molecule has 0 saturated heterocycles. The predicted octanol–water partition coefficient (Wildman–Crippen LogP) is 2.42. The Morgan fingerprint density at radius 2 is 2.11 bits per heavy atom. The number of amides is 1. The van der Waals surface area contributed by atoms with Crippen LogP contribution in [0.4, 0.5) is 14.5 Å². The topological polar surface area (TPSA) is 55.1 Å². The van der Waals surface area contributed by atoms with Crippen LogP contribution in [0.5, 0.6) is 0 Å². The molecule has 1 fully saturated rings. The Morgan fingerprint density at radius 3 is 2.67 bits per heavy atom. The van der Waals surface area contributed by atoms with Crippen molar-refractivity contribution in [3.05, 3.63) is 29.8 Å². The molecule has 3 N–H and O–H groups in total. The van der Waals surface area contributed by atoms with Gasteiger partial charge in [0.05, 0.1) is 5.69 Å². The lowest BCUT2D eigenvalue weighted by Gasteiger charge is -2.40. The number of hydrogen-bond donors (Lipinski definition) is 2. The molecule has 1 aromatic carbocycles. The lowest BCUT2D eigenvalue weighted by atomic mass is 9.66. The van der Waals surface area contributed by atoms with E-state index in [2.05, 4.69) is 5.32 Å². The van der Waals surface area contributed by atoms with Crippen LogP contribution in [-0.4, -0.2) is 12.5 Å². The third-order valence-electron chi connectivity index (χ3n) is 3.59. The lowest BCUT2D eigenvalue weighted by Crippen LogP contribution is -2.40. The fourth-order valence-corrected chi connectivity index (χ4v) is 2.26. The van der Waals surface area contributed by atoms with Crippen LogP contribution in [-0.2, 0) is 4.79 Å². The van der Waals surface area contributed by atoms with Crippen LogP contribution in [0.1, 0.15) is 25.7 Å². The molecule has 0 aromatic heterocycles. The van der Waals surface area contributed by atoms with Gasteiger partial charge in [-0.15, -0.1) is 0 Å². The van der Waals surface area contributed by atoms with Crippen molar-refractivity contribution in [3.63, 3.8) is 0 Å². The molecule has 1 saturated carbocycles. The van der Waals surface area contributed by atoms with Gasteiger partial charge in [-0.3, -0.25) is 4.79 Å². The first kappa shape index (κ1) is 13.0. The number of carbonyl (C=O) groups is 1. The maximum Gasteiger partial charge on any atom is 0.225 e. The van der Waals surface area contributed by atoms with Crippen LogP contribution in [0, 0.1) is 17.0 Å². The summed E-state index contributed by atoms with van der Waals surface area (Å²) < 4.78 is 26.3. The molecule has 1 aromatic rings. The zero-order valence-electron chi connectivity index (χ0n) is 10.0. The van der Waals surface area contributed by atoms with Crippen molar-refractivity contribution in [2.75, 3.05) is 11.9 Å². The average Bonchev–Trinajstić information content (AvgIpc) is 2.28. The molecule has 1 amide bonds. The Hall–Kier alpha value is -1.49. The first-order valence-corrected chi connectivity index (χ1v) is 6.00. The maximum absolute atomic E-state index is 13.3. The highest BCUT2D eigenvalue weighted by molar-refractivity contribution is 5.91. The SMILES string of the molecule is NCC1(CC(=O)Nc2cc(F)ccc2F)CCC1. The fourth-order valence-electron chi connectivity index (χ4n) is 2.26. The van der Waals surface area contributed by atoms with E-state index in [1.54, 1.807) is 0 Å². The molecule has 18 heavy (non-hydrogen) atoms. The summed E-state index contributed by atoms with van der Waals surface area (Å²) in [5.74, 6) is -1.53. The van der Waals surface area contributed by atoms with Crippen molar-refractivity contribution in [2.24, 2.45) is 11.1 Å². The van der Waals surface area contributed by atoms with Gasteiger partial charge >= 0.3 is 0 Å². The van der Waals surface area contributed by atoms with Gasteiger partial charge in [-0.25, -0.2) is 8.78 Å². The zero-order valence-corrected chi connectivity index (χ0v) is 10.0. The second-order valence-electron chi connectivity index (χ2n) is 4.91. The quantitative estimate of drug-likeness (QED) is 0.867. The molecule has 0 bridgehead atoms. The molecule has 0 atom stereocenters. The standard InChI is InChI=1S/C13H16F2N2O/c14-9-2-3-10(15)11(6-9)17-12(18)7-13(8-16)4-1-5-13/h2-3,6H,1,4-5,7-8,16H2,(H,17,18). The summed E-state index contributed by atoms with van der Waals surface area (Å²) in [6.45, 7) is 0.450. The van der Waals surface area contributed by atoms with Crippen molar-refractivity contribution < 1.29 is 13.6 Å². The Kier molecular flexibility index (Phi) is 3.61. The number of benzene rings is 1. The molecular weight excluding hydrogens is 238 g/mol. The molecule has 0 spiro atoms. The number of hydrogen-bond acceptors (Lipinski definition) is 2. The summed E-state index contributed by atoms with van der Waals surface area (Å²) in [6, 6.07) is 2.98. The van der Waals surface area contributed by atoms with Crippen molar-refractivity contribution in [1.29, 1.82) is 0 Å². The number of halogens is 2. The minimum atomic E-state index is -0.639. The van der Waals surface area contributed by atoms with Crippen molar-refractivity contribution in [1.82, 2.24) is 0 Å². The first-order chi connectivity index (χ1) is 8.54. The highest BCUT2D eigenvalue weighted by atomic mass is 19.1. The fraction of sp³-hybridized carbons (Fsp3) is 0.462. The van der Waals surface area contributed by atoms with E-state index in [0.29, 0.717) is 6.54 Å². The molecule has 98 valence electrons. The lowest BCUT2D eigenvalue weighted by molar-refractivity contribution is -0.119. The van der Waals surface area contributed by atoms with Gasteiger partial charge in [0.15, 0.2) is 0 Å². The third-order valence-corrected chi connectivity index (χ3v) is 3.59. The highest BCUT2D eigenvalue weighted by Crippen LogP contribution is 2.43. The summed E-state index contributed by atoms with van der Waals surface area (Å²) >= 11 is 0. The number of nitrogens with one attached hydrogen (secondary N) is 1. The van der Waals surface area contributed by atoms with Gasteiger partial charge in [0.25, 0.3) is 0 Å². The third kappa shape index (κ3) is 2.67. The van der Waals surface area contributed by atoms with Gasteiger partial charge in [-0.2, -0.15) is 0 Å². The van der Waals surface area contributed by atoms with Crippen LogP contribution in [0.3, 0.4) is 0 Å². The van der Waals surface area contributed by atoms with Crippen LogP contribution in [0.2, 0.25) is 0 Å². The Bertz CT molecular complexity index is 453. The van der Waals surface area contributed by atoms with Gasteiger partial charge in [0.1, 0.15) is 11.6 Å². The van der Waals surface area contributed by atoms with Crippen LogP contribution < -0.4 is 11.1 Å². The summed E-state index contributed by atoms with van der Waals surface area (Å²) in [4.78, 5) is 11.8. The predicted molar refractivity (Wildman–Crippen MR) is 64.9 cm³/mol. The van der Waals surface area contributed by atoms with Crippen LogP contribution in [0.15, 0.2) is 18.2 Å². The van der Waals surface area contributed by atoms with Gasteiger partial charge in [0.2, 0.25) is 5.91 Å². The van der Waals surface area contributed by atoms with Gasteiger partial charge < -0.3 is 11.1 Å². The molecule has 0 aliphatic heterocycles. The normalized spacial score (nSPS) is 17.1. The molecule has 5 heteroatoms. The smallest absolute Gasteiger partial charge is 0.225 e. The van der Waals surface area contributed by atoms with E-state index in [-0.39, 0.29) is 23.4 Å². The Balaban J connectivity index is 2.00. The largest absolute Gasteiger partial charge is 0.330 e. The van der Waals surface area contributed by atoms with Crippen LogP contribution >= 0.6 is 0 Å². The molecule has 2 rings (SSSR count). The zero-order chi connectivity index (χ0) is 13.2. The summed E-state index contributed by atoms with van der Waals surface area (Å²) in [5.41, 5.74) is 5.39. The molecule has 3 nitrogen and oxygen atoms in total. The minimum absolute atomic E-state index is 0.119. The van der Waals surface area contributed by atoms with Gasteiger partial charge in [-0.1, -0.05) is 6.42 Å². The molecular formula is C13H16F2N2O.